The Kier molecular flexibility index (Phi) is 1.69. The summed E-state index contributed by atoms with van der Waals surface area (Å²) in [4.78, 5) is 10.7. The number of benzene rings is 1. The molecule has 0 amide bonds. The van der Waals surface area contributed by atoms with Crippen LogP contribution >= 0.6 is 0 Å². The Balaban J connectivity index is 2.46. The van der Waals surface area contributed by atoms with Crippen molar-refractivity contribution in [1.82, 2.24) is 0 Å². The lowest BCUT2D eigenvalue weighted by Crippen LogP contribution is -2.13. The van der Waals surface area contributed by atoms with Crippen molar-refractivity contribution >= 4 is 11.7 Å². The number of carbonyl (C=O) groups is 1. The highest BCUT2D eigenvalue weighted by Crippen LogP contribution is 2.31. The summed E-state index contributed by atoms with van der Waals surface area (Å²) in [6, 6.07) is 4.15. The SMILES string of the molecule is O=C(O)C1CNc2ccc(F)cc21. The predicted octanol–water partition coefficient (Wildman–Crippen LogP) is 1.42. The molecule has 4 heteroatoms. The molecule has 0 spiro atoms. The van der Waals surface area contributed by atoms with Crippen molar-refractivity contribution in [3.8, 4) is 0 Å². The minimum absolute atomic E-state index is 0.341. The van der Waals surface area contributed by atoms with E-state index in [1.165, 1.54) is 12.1 Å². The van der Waals surface area contributed by atoms with Gasteiger partial charge in [0, 0.05) is 12.2 Å². The fourth-order valence-electron chi connectivity index (χ4n) is 1.53. The first-order valence-electron chi connectivity index (χ1n) is 3.94. The zero-order chi connectivity index (χ0) is 9.42. The molecule has 2 N–H and O–H groups in total. The number of carboxylic acids is 1. The van der Waals surface area contributed by atoms with E-state index in [0.717, 1.165) is 0 Å². The monoisotopic (exact) mass is 181 g/mol. The summed E-state index contributed by atoms with van der Waals surface area (Å²) in [5, 5.41) is 11.7. The van der Waals surface area contributed by atoms with E-state index >= 15 is 0 Å². The molecule has 0 aliphatic carbocycles. The first-order valence-corrected chi connectivity index (χ1v) is 3.94. The van der Waals surface area contributed by atoms with Gasteiger partial charge in [-0.25, -0.2) is 4.39 Å². The summed E-state index contributed by atoms with van der Waals surface area (Å²) in [5.74, 6) is -1.93. The van der Waals surface area contributed by atoms with Crippen LogP contribution in [0, 0.1) is 5.82 Å². The molecule has 1 aromatic rings. The lowest BCUT2D eigenvalue weighted by atomic mass is 10.0. The van der Waals surface area contributed by atoms with Crippen molar-refractivity contribution in [2.75, 3.05) is 11.9 Å². The van der Waals surface area contributed by atoms with Crippen LogP contribution in [0.2, 0.25) is 0 Å². The van der Waals surface area contributed by atoms with Crippen molar-refractivity contribution in [1.29, 1.82) is 0 Å². The Hall–Kier alpha value is -1.58. The van der Waals surface area contributed by atoms with Crippen LogP contribution in [0.1, 0.15) is 11.5 Å². The molecule has 0 bridgehead atoms. The highest BCUT2D eigenvalue weighted by molar-refractivity contribution is 5.82. The van der Waals surface area contributed by atoms with Crippen LogP contribution in [-0.4, -0.2) is 17.6 Å². The van der Waals surface area contributed by atoms with E-state index in [0.29, 0.717) is 17.8 Å². The Bertz CT molecular complexity index is 365. The summed E-state index contributed by atoms with van der Waals surface area (Å²) in [6.07, 6.45) is 0. The molecule has 1 aliphatic rings. The van der Waals surface area contributed by atoms with Gasteiger partial charge in [0.25, 0.3) is 0 Å². The van der Waals surface area contributed by atoms with Gasteiger partial charge in [0.05, 0.1) is 0 Å². The fourth-order valence-corrected chi connectivity index (χ4v) is 1.53. The van der Waals surface area contributed by atoms with Gasteiger partial charge in [-0.2, -0.15) is 0 Å². The van der Waals surface area contributed by atoms with E-state index in [1.807, 2.05) is 0 Å². The van der Waals surface area contributed by atoms with E-state index in [2.05, 4.69) is 5.32 Å². The number of hydrogen-bond acceptors (Lipinski definition) is 2. The number of anilines is 1. The number of halogens is 1. The van der Waals surface area contributed by atoms with Crippen molar-refractivity contribution in [3.05, 3.63) is 29.6 Å². The molecule has 3 nitrogen and oxygen atoms in total. The second kappa shape index (κ2) is 2.73. The summed E-state index contributed by atoms with van der Waals surface area (Å²) in [6.45, 7) is 0.341. The molecule has 0 saturated heterocycles. The minimum Gasteiger partial charge on any atom is -0.481 e. The zero-order valence-electron chi connectivity index (χ0n) is 6.75. The quantitative estimate of drug-likeness (QED) is 0.688. The Morgan fingerprint density at radius 2 is 2.38 bits per heavy atom. The molecule has 0 saturated carbocycles. The molecule has 68 valence electrons. The molecule has 0 aromatic heterocycles. The average Bonchev–Trinajstić information content (AvgIpc) is 2.46. The van der Waals surface area contributed by atoms with E-state index in [1.54, 1.807) is 6.07 Å². The topological polar surface area (TPSA) is 49.3 Å². The number of fused-ring (bicyclic) bond motifs is 1. The van der Waals surface area contributed by atoms with Gasteiger partial charge < -0.3 is 10.4 Å². The van der Waals surface area contributed by atoms with E-state index in [4.69, 9.17) is 5.11 Å². The second-order valence-corrected chi connectivity index (χ2v) is 3.00. The highest BCUT2D eigenvalue weighted by atomic mass is 19.1. The second-order valence-electron chi connectivity index (χ2n) is 3.00. The normalized spacial score (nSPS) is 19.3. The maximum atomic E-state index is 12.8. The molecule has 1 aliphatic heterocycles. The molecule has 0 fully saturated rings. The fraction of sp³-hybridized carbons (Fsp3) is 0.222. The van der Waals surface area contributed by atoms with Gasteiger partial charge in [0.1, 0.15) is 11.7 Å². The lowest BCUT2D eigenvalue weighted by Gasteiger charge is -2.02. The summed E-state index contributed by atoms with van der Waals surface area (Å²) in [7, 11) is 0. The van der Waals surface area contributed by atoms with Gasteiger partial charge >= 0.3 is 5.97 Å². The third-order valence-corrected chi connectivity index (χ3v) is 2.18. The van der Waals surface area contributed by atoms with E-state index in [-0.39, 0.29) is 0 Å². The number of nitrogens with one attached hydrogen (secondary N) is 1. The van der Waals surface area contributed by atoms with Crippen LogP contribution in [0.15, 0.2) is 18.2 Å². The van der Waals surface area contributed by atoms with Gasteiger partial charge in [-0.05, 0) is 23.8 Å². The van der Waals surface area contributed by atoms with Gasteiger partial charge in [-0.3, -0.25) is 4.79 Å². The van der Waals surface area contributed by atoms with Crippen molar-refractivity contribution in [2.45, 2.75) is 5.92 Å². The van der Waals surface area contributed by atoms with Crippen LogP contribution in [0.25, 0.3) is 0 Å². The number of rotatable bonds is 1. The maximum absolute atomic E-state index is 12.8. The van der Waals surface area contributed by atoms with Gasteiger partial charge in [0.2, 0.25) is 0 Å². The number of carboxylic acid groups (broad SMARTS) is 1. The standard InChI is InChI=1S/C9H8FNO2/c10-5-1-2-8-6(3-5)7(4-11-8)9(12)13/h1-3,7,11H,4H2,(H,12,13). The third kappa shape index (κ3) is 1.24. The molecule has 2 rings (SSSR count). The Morgan fingerprint density at radius 3 is 3.08 bits per heavy atom. The van der Waals surface area contributed by atoms with Gasteiger partial charge in [-0.1, -0.05) is 0 Å². The van der Waals surface area contributed by atoms with Crippen LogP contribution in [0.5, 0.6) is 0 Å². The molecular formula is C9H8FNO2. The van der Waals surface area contributed by atoms with Gasteiger partial charge in [0.15, 0.2) is 0 Å². The largest absolute Gasteiger partial charge is 0.481 e. The molecule has 13 heavy (non-hydrogen) atoms. The lowest BCUT2D eigenvalue weighted by molar-refractivity contribution is -0.138. The smallest absolute Gasteiger partial charge is 0.312 e. The van der Waals surface area contributed by atoms with Crippen LogP contribution in [0.4, 0.5) is 10.1 Å². The molecule has 1 aromatic carbocycles. The number of aliphatic carboxylic acids is 1. The summed E-state index contributed by atoms with van der Waals surface area (Å²) < 4.78 is 12.8. The van der Waals surface area contributed by atoms with Crippen molar-refractivity contribution in [2.24, 2.45) is 0 Å². The van der Waals surface area contributed by atoms with Crippen molar-refractivity contribution in [3.63, 3.8) is 0 Å². The first-order chi connectivity index (χ1) is 6.18. The Morgan fingerprint density at radius 1 is 1.62 bits per heavy atom. The zero-order valence-corrected chi connectivity index (χ0v) is 6.75. The van der Waals surface area contributed by atoms with E-state index in [9.17, 15) is 9.18 Å². The molecule has 0 radical (unpaired) electrons. The summed E-state index contributed by atoms with van der Waals surface area (Å²) >= 11 is 0. The highest BCUT2D eigenvalue weighted by Gasteiger charge is 2.28. The molecule has 1 atom stereocenters. The first kappa shape index (κ1) is 8.04. The van der Waals surface area contributed by atoms with E-state index < -0.39 is 17.7 Å². The van der Waals surface area contributed by atoms with Crippen LogP contribution in [-0.2, 0) is 4.79 Å². The average molecular weight is 181 g/mol. The minimum atomic E-state index is -0.920. The molecular weight excluding hydrogens is 173 g/mol. The van der Waals surface area contributed by atoms with Gasteiger partial charge in [-0.15, -0.1) is 0 Å². The van der Waals surface area contributed by atoms with Crippen LogP contribution in [0.3, 0.4) is 0 Å². The van der Waals surface area contributed by atoms with Crippen molar-refractivity contribution < 1.29 is 14.3 Å². The molecule has 1 heterocycles. The summed E-state index contributed by atoms with van der Waals surface area (Å²) in [5.41, 5.74) is 1.25. The predicted molar refractivity (Wildman–Crippen MR) is 45.3 cm³/mol. The molecule has 1 unspecified atom stereocenters. The maximum Gasteiger partial charge on any atom is 0.312 e. The number of hydrogen-bond donors (Lipinski definition) is 2. The Labute approximate surface area is 74.2 Å². The third-order valence-electron chi connectivity index (χ3n) is 2.18. The van der Waals surface area contributed by atoms with Crippen LogP contribution < -0.4 is 5.32 Å².